The van der Waals surface area contributed by atoms with Crippen molar-refractivity contribution in [2.75, 3.05) is 19.8 Å². The molecule has 2 aliphatic rings. The second-order valence-electron chi connectivity index (χ2n) is 6.47. The van der Waals surface area contributed by atoms with Crippen LogP contribution in [0.4, 0.5) is 0 Å². The number of carbonyl (C=O) groups excluding carboxylic acids is 1. The van der Waals surface area contributed by atoms with Gasteiger partial charge in [0.1, 0.15) is 0 Å². The summed E-state index contributed by atoms with van der Waals surface area (Å²) in [4.78, 5) is 23.9. The molecule has 1 aromatic rings. The van der Waals surface area contributed by atoms with Gasteiger partial charge in [0.05, 0.1) is 11.5 Å². The van der Waals surface area contributed by atoms with E-state index in [0.717, 1.165) is 12.8 Å². The zero-order chi connectivity index (χ0) is 18.1. The van der Waals surface area contributed by atoms with E-state index in [2.05, 4.69) is 10.0 Å². The molecule has 3 N–H and O–H groups in total. The van der Waals surface area contributed by atoms with Crippen molar-refractivity contribution in [1.29, 1.82) is 0 Å². The molecule has 1 aliphatic carbocycles. The van der Waals surface area contributed by atoms with Crippen LogP contribution < -0.4 is 10.0 Å². The molecule has 2 fully saturated rings. The van der Waals surface area contributed by atoms with Crippen LogP contribution in [-0.2, 0) is 19.6 Å². The lowest BCUT2D eigenvalue weighted by Crippen LogP contribution is -2.55. The van der Waals surface area contributed by atoms with Crippen molar-refractivity contribution in [1.82, 2.24) is 10.0 Å². The second kappa shape index (κ2) is 6.74. The summed E-state index contributed by atoms with van der Waals surface area (Å²) in [5, 5.41) is 11.8. The molecule has 9 heteroatoms. The summed E-state index contributed by atoms with van der Waals surface area (Å²) in [5.41, 5.74) is -1.39. The lowest BCUT2D eigenvalue weighted by Gasteiger charge is -2.23. The summed E-state index contributed by atoms with van der Waals surface area (Å²) in [6.07, 6.45) is 2.20. The molecule has 136 valence electrons. The summed E-state index contributed by atoms with van der Waals surface area (Å²) in [6, 6.07) is 5.55. The maximum Gasteiger partial charge on any atom is 0.331 e. The molecular formula is C16H20N2O6S. The Morgan fingerprint density at radius 2 is 2.08 bits per heavy atom. The van der Waals surface area contributed by atoms with Gasteiger partial charge in [-0.05, 0) is 37.0 Å². The molecule has 1 amide bonds. The quantitative estimate of drug-likeness (QED) is 0.638. The van der Waals surface area contributed by atoms with Crippen LogP contribution in [-0.4, -0.2) is 50.7 Å². The topological polar surface area (TPSA) is 122 Å². The number of aliphatic carboxylic acids is 1. The maximum absolute atomic E-state index is 12.4. The number of sulfonamides is 1. The summed E-state index contributed by atoms with van der Waals surface area (Å²) in [7, 11) is -3.70. The first-order valence-electron chi connectivity index (χ1n) is 8.06. The van der Waals surface area contributed by atoms with Crippen LogP contribution in [0, 0.1) is 5.92 Å². The van der Waals surface area contributed by atoms with E-state index in [-0.39, 0.29) is 30.1 Å². The first-order chi connectivity index (χ1) is 11.8. The Morgan fingerprint density at radius 3 is 2.68 bits per heavy atom. The summed E-state index contributed by atoms with van der Waals surface area (Å²) in [6.45, 7) is 0.513. The number of hydrogen-bond acceptors (Lipinski definition) is 5. The van der Waals surface area contributed by atoms with Gasteiger partial charge in [-0.1, -0.05) is 6.07 Å². The Bertz CT molecular complexity index is 782. The Morgan fingerprint density at radius 1 is 1.32 bits per heavy atom. The summed E-state index contributed by atoms with van der Waals surface area (Å²) >= 11 is 0. The van der Waals surface area contributed by atoms with Crippen LogP contribution in [0.2, 0.25) is 0 Å². The zero-order valence-corrected chi connectivity index (χ0v) is 14.3. The van der Waals surface area contributed by atoms with Gasteiger partial charge < -0.3 is 15.2 Å². The monoisotopic (exact) mass is 368 g/mol. The Labute approximate surface area is 145 Å². The average molecular weight is 368 g/mol. The molecule has 1 aromatic carbocycles. The maximum atomic E-state index is 12.4. The predicted octanol–water partition coefficient (Wildman–Crippen LogP) is 0.348. The standard InChI is InChI=1S/C16H20N2O6S/c19-14(18-16(15(20)21)6-7-24-10-16)12-2-1-3-13(8-12)25(22,23)17-9-11-4-5-11/h1-3,8,11,17H,4-7,9-10H2,(H,18,19)(H,20,21). The second-order valence-corrected chi connectivity index (χ2v) is 8.23. The molecule has 1 atom stereocenters. The number of nitrogens with one attached hydrogen (secondary N) is 2. The minimum absolute atomic E-state index is 0.0205. The van der Waals surface area contributed by atoms with Gasteiger partial charge in [0, 0.05) is 25.1 Å². The fourth-order valence-electron chi connectivity index (χ4n) is 2.61. The number of carboxylic acids is 1. The van der Waals surface area contributed by atoms with Crippen LogP contribution >= 0.6 is 0 Å². The number of carboxylic acid groups (broad SMARTS) is 1. The number of amides is 1. The van der Waals surface area contributed by atoms with Crippen LogP contribution in [0.3, 0.4) is 0 Å². The number of rotatable bonds is 7. The Hall–Kier alpha value is -1.97. The molecule has 0 spiro atoms. The lowest BCUT2D eigenvalue weighted by molar-refractivity contribution is -0.144. The van der Waals surface area contributed by atoms with E-state index >= 15 is 0 Å². The van der Waals surface area contributed by atoms with Gasteiger partial charge in [0.15, 0.2) is 5.54 Å². The van der Waals surface area contributed by atoms with Gasteiger partial charge in [-0.25, -0.2) is 17.9 Å². The van der Waals surface area contributed by atoms with E-state index in [4.69, 9.17) is 4.74 Å². The van der Waals surface area contributed by atoms with Gasteiger partial charge in [-0.3, -0.25) is 4.79 Å². The van der Waals surface area contributed by atoms with Gasteiger partial charge in [0.25, 0.3) is 5.91 Å². The van der Waals surface area contributed by atoms with E-state index in [1.54, 1.807) is 0 Å². The van der Waals surface area contributed by atoms with Gasteiger partial charge >= 0.3 is 5.97 Å². The highest BCUT2D eigenvalue weighted by molar-refractivity contribution is 7.89. The normalized spacial score (nSPS) is 23.4. The van der Waals surface area contributed by atoms with Crippen LogP contribution in [0.5, 0.6) is 0 Å². The summed E-state index contributed by atoms with van der Waals surface area (Å²) < 4.78 is 32.2. The van der Waals surface area contributed by atoms with Crippen LogP contribution in [0.25, 0.3) is 0 Å². The van der Waals surface area contributed by atoms with Crippen molar-refractivity contribution in [3.05, 3.63) is 29.8 Å². The van der Waals surface area contributed by atoms with Crippen molar-refractivity contribution in [2.24, 2.45) is 5.92 Å². The Kier molecular flexibility index (Phi) is 4.81. The number of benzene rings is 1. The first-order valence-corrected chi connectivity index (χ1v) is 9.54. The Balaban J connectivity index is 1.76. The smallest absolute Gasteiger partial charge is 0.331 e. The molecule has 1 saturated carbocycles. The minimum atomic E-state index is -3.70. The molecule has 1 unspecified atom stereocenters. The van der Waals surface area contributed by atoms with E-state index < -0.39 is 27.4 Å². The van der Waals surface area contributed by atoms with Gasteiger partial charge in [0.2, 0.25) is 10.0 Å². The molecule has 0 aromatic heterocycles. The minimum Gasteiger partial charge on any atom is -0.479 e. The third-order valence-electron chi connectivity index (χ3n) is 4.45. The van der Waals surface area contributed by atoms with Crippen molar-refractivity contribution in [3.63, 3.8) is 0 Å². The average Bonchev–Trinajstić information content (AvgIpc) is 3.30. The fraction of sp³-hybridized carbons (Fsp3) is 0.500. The van der Waals surface area contributed by atoms with Crippen molar-refractivity contribution < 1.29 is 27.9 Å². The third-order valence-corrected chi connectivity index (χ3v) is 5.87. The molecule has 3 rings (SSSR count). The third kappa shape index (κ3) is 4.00. The number of carbonyl (C=O) groups is 2. The molecule has 25 heavy (non-hydrogen) atoms. The van der Waals surface area contributed by atoms with Crippen LogP contribution in [0.1, 0.15) is 29.6 Å². The van der Waals surface area contributed by atoms with Crippen LogP contribution in [0.15, 0.2) is 29.2 Å². The van der Waals surface area contributed by atoms with Gasteiger partial charge in [-0.2, -0.15) is 0 Å². The van der Waals surface area contributed by atoms with E-state index in [1.807, 2.05) is 0 Å². The number of hydrogen-bond donors (Lipinski definition) is 3. The molecule has 0 bridgehead atoms. The van der Waals surface area contributed by atoms with E-state index in [1.165, 1.54) is 24.3 Å². The van der Waals surface area contributed by atoms with E-state index in [9.17, 15) is 23.1 Å². The zero-order valence-electron chi connectivity index (χ0n) is 13.5. The lowest BCUT2D eigenvalue weighted by atomic mass is 9.98. The SMILES string of the molecule is O=C(NC1(C(=O)O)CCOC1)c1cccc(S(=O)(=O)NCC2CC2)c1. The molecule has 1 heterocycles. The highest BCUT2D eigenvalue weighted by Crippen LogP contribution is 2.28. The molecule has 8 nitrogen and oxygen atoms in total. The highest BCUT2D eigenvalue weighted by Gasteiger charge is 2.44. The van der Waals surface area contributed by atoms with Crippen molar-refractivity contribution in [2.45, 2.75) is 29.7 Å². The fourth-order valence-corrected chi connectivity index (χ4v) is 3.77. The first kappa shape index (κ1) is 17.8. The van der Waals surface area contributed by atoms with Crippen molar-refractivity contribution >= 4 is 21.9 Å². The summed E-state index contributed by atoms with van der Waals surface area (Å²) in [5.74, 6) is -1.43. The van der Waals surface area contributed by atoms with Gasteiger partial charge in [-0.15, -0.1) is 0 Å². The molecule has 1 aliphatic heterocycles. The predicted molar refractivity (Wildman–Crippen MR) is 87.6 cm³/mol. The molecule has 1 saturated heterocycles. The molecule has 0 radical (unpaired) electrons. The largest absolute Gasteiger partial charge is 0.479 e. The van der Waals surface area contributed by atoms with Crippen molar-refractivity contribution in [3.8, 4) is 0 Å². The van der Waals surface area contributed by atoms with E-state index in [0.29, 0.717) is 12.5 Å². The highest BCUT2D eigenvalue weighted by atomic mass is 32.2. The number of ether oxygens (including phenoxy) is 1. The molecular weight excluding hydrogens is 348 g/mol.